The van der Waals surface area contributed by atoms with Crippen molar-refractivity contribution in [1.82, 2.24) is 9.78 Å². The molecule has 2 atom stereocenters. The molecule has 94 valence electrons. The number of fused-ring (bicyclic) bond motifs is 1. The van der Waals surface area contributed by atoms with E-state index in [1.54, 1.807) is 4.68 Å². The number of nitrogens with zero attached hydrogens (tertiary/aromatic N) is 2. The first kappa shape index (κ1) is 11.3. The maximum absolute atomic E-state index is 6.39. The van der Waals surface area contributed by atoms with Crippen molar-refractivity contribution in [2.45, 2.75) is 18.4 Å². The lowest BCUT2D eigenvalue weighted by Gasteiger charge is -2.29. The first-order valence-corrected chi connectivity index (χ1v) is 6.21. The van der Waals surface area contributed by atoms with E-state index in [2.05, 4.69) is 11.2 Å². The van der Waals surface area contributed by atoms with Crippen LogP contribution in [0.3, 0.4) is 0 Å². The third kappa shape index (κ3) is 1.88. The highest BCUT2D eigenvalue weighted by Gasteiger charge is 2.28. The topological polar surface area (TPSA) is 53.1 Å². The summed E-state index contributed by atoms with van der Waals surface area (Å²) in [5, 5.41) is 4.19. The molecule has 1 aliphatic rings. The van der Waals surface area contributed by atoms with Crippen molar-refractivity contribution in [3.8, 4) is 5.75 Å². The Bertz CT molecular complexity index is 549. The predicted molar refractivity (Wildman–Crippen MR) is 69.4 cm³/mol. The lowest BCUT2D eigenvalue weighted by molar-refractivity contribution is 0.255. The molecule has 0 spiro atoms. The van der Waals surface area contributed by atoms with Gasteiger partial charge < -0.3 is 10.5 Å². The van der Waals surface area contributed by atoms with Crippen LogP contribution in [0, 0.1) is 0 Å². The largest absolute Gasteiger partial charge is 0.493 e. The minimum absolute atomic E-state index is 0.0243. The predicted octanol–water partition coefficient (Wildman–Crippen LogP) is 1.99. The summed E-state index contributed by atoms with van der Waals surface area (Å²) in [6, 6.07) is 8.13. The normalized spacial score (nSPS) is 20.0. The van der Waals surface area contributed by atoms with Gasteiger partial charge in [-0.2, -0.15) is 5.10 Å². The fraction of sp³-hybridized carbons (Fsp3) is 0.357. The summed E-state index contributed by atoms with van der Waals surface area (Å²) in [6.07, 6.45) is 4.79. The molecule has 0 bridgehead atoms. The molecule has 0 radical (unpaired) electrons. The number of benzene rings is 1. The zero-order chi connectivity index (χ0) is 12.5. The SMILES string of the molecule is Cn1cc(C(N)C2CCOc3ccccc32)cn1. The molecule has 1 aromatic carbocycles. The molecular weight excluding hydrogens is 226 g/mol. The molecule has 3 rings (SSSR count). The summed E-state index contributed by atoms with van der Waals surface area (Å²) >= 11 is 0. The van der Waals surface area contributed by atoms with Gasteiger partial charge in [-0.15, -0.1) is 0 Å². The molecule has 2 heterocycles. The van der Waals surface area contributed by atoms with E-state index in [1.165, 1.54) is 5.56 Å². The van der Waals surface area contributed by atoms with Crippen molar-refractivity contribution in [1.29, 1.82) is 0 Å². The van der Waals surface area contributed by atoms with Crippen molar-refractivity contribution in [3.05, 3.63) is 47.8 Å². The van der Waals surface area contributed by atoms with E-state index < -0.39 is 0 Å². The highest BCUT2D eigenvalue weighted by atomic mass is 16.5. The molecule has 2 unspecified atom stereocenters. The van der Waals surface area contributed by atoms with Crippen LogP contribution in [-0.4, -0.2) is 16.4 Å². The number of hydrogen-bond acceptors (Lipinski definition) is 3. The summed E-state index contributed by atoms with van der Waals surface area (Å²) < 4.78 is 7.46. The molecule has 0 aliphatic carbocycles. The molecule has 0 saturated carbocycles. The minimum atomic E-state index is -0.0243. The molecule has 0 fully saturated rings. The number of hydrogen-bond donors (Lipinski definition) is 1. The maximum atomic E-state index is 6.39. The van der Waals surface area contributed by atoms with Gasteiger partial charge in [0.1, 0.15) is 5.75 Å². The highest BCUT2D eigenvalue weighted by molar-refractivity contribution is 5.39. The number of ether oxygens (including phenoxy) is 1. The van der Waals surface area contributed by atoms with Crippen molar-refractivity contribution in [2.75, 3.05) is 6.61 Å². The molecule has 4 nitrogen and oxygen atoms in total. The zero-order valence-corrected chi connectivity index (χ0v) is 10.4. The monoisotopic (exact) mass is 243 g/mol. The van der Waals surface area contributed by atoms with Crippen molar-refractivity contribution < 1.29 is 4.74 Å². The van der Waals surface area contributed by atoms with E-state index in [9.17, 15) is 0 Å². The fourth-order valence-corrected chi connectivity index (χ4v) is 2.59. The highest BCUT2D eigenvalue weighted by Crippen LogP contribution is 2.39. The molecule has 1 aromatic heterocycles. The lowest BCUT2D eigenvalue weighted by Crippen LogP contribution is -2.25. The van der Waals surface area contributed by atoms with Crippen LogP contribution in [0.5, 0.6) is 5.75 Å². The minimum Gasteiger partial charge on any atom is -0.493 e. The average molecular weight is 243 g/mol. The van der Waals surface area contributed by atoms with Crippen LogP contribution in [0.4, 0.5) is 0 Å². The second-order valence-electron chi connectivity index (χ2n) is 4.75. The quantitative estimate of drug-likeness (QED) is 0.877. The summed E-state index contributed by atoms with van der Waals surface area (Å²) in [6.45, 7) is 0.732. The van der Waals surface area contributed by atoms with Crippen LogP contribution < -0.4 is 10.5 Å². The van der Waals surface area contributed by atoms with Crippen molar-refractivity contribution in [2.24, 2.45) is 12.8 Å². The molecule has 0 amide bonds. The zero-order valence-electron chi connectivity index (χ0n) is 10.4. The Hall–Kier alpha value is -1.81. The summed E-state index contributed by atoms with van der Waals surface area (Å²) in [5.74, 6) is 1.27. The van der Waals surface area contributed by atoms with E-state index in [0.29, 0.717) is 5.92 Å². The van der Waals surface area contributed by atoms with Gasteiger partial charge >= 0.3 is 0 Å². The van der Waals surface area contributed by atoms with Crippen molar-refractivity contribution >= 4 is 0 Å². The van der Waals surface area contributed by atoms with Gasteiger partial charge in [0.25, 0.3) is 0 Å². The molecule has 0 saturated heterocycles. The van der Waals surface area contributed by atoms with Gasteiger partial charge in [-0.1, -0.05) is 18.2 Å². The third-order valence-electron chi connectivity index (χ3n) is 3.55. The third-order valence-corrected chi connectivity index (χ3v) is 3.55. The van der Waals surface area contributed by atoms with Crippen LogP contribution in [0.25, 0.3) is 0 Å². The number of rotatable bonds is 2. The smallest absolute Gasteiger partial charge is 0.122 e. The van der Waals surface area contributed by atoms with Gasteiger partial charge in [0, 0.05) is 30.8 Å². The average Bonchev–Trinajstić information content (AvgIpc) is 2.84. The number of para-hydroxylation sites is 1. The van der Waals surface area contributed by atoms with Crippen LogP contribution in [0.1, 0.15) is 29.5 Å². The van der Waals surface area contributed by atoms with Gasteiger partial charge in [0.15, 0.2) is 0 Å². The Morgan fingerprint density at radius 1 is 1.44 bits per heavy atom. The maximum Gasteiger partial charge on any atom is 0.122 e. The molecule has 1 aliphatic heterocycles. The summed E-state index contributed by atoms with van der Waals surface area (Å²) in [7, 11) is 1.91. The number of aromatic nitrogens is 2. The first-order valence-electron chi connectivity index (χ1n) is 6.21. The molecular formula is C14H17N3O. The van der Waals surface area contributed by atoms with Crippen LogP contribution in [0.15, 0.2) is 36.7 Å². The van der Waals surface area contributed by atoms with E-state index in [4.69, 9.17) is 10.5 Å². The van der Waals surface area contributed by atoms with Crippen LogP contribution in [0.2, 0.25) is 0 Å². The van der Waals surface area contributed by atoms with Gasteiger partial charge in [0.2, 0.25) is 0 Å². The first-order chi connectivity index (χ1) is 8.75. The van der Waals surface area contributed by atoms with E-state index >= 15 is 0 Å². The van der Waals surface area contributed by atoms with Crippen LogP contribution in [-0.2, 0) is 7.05 Å². The van der Waals surface area contributed by atoms with Gasteiger partial charge in [-0.05, 0) is 18.1 Å². The van der Waals surface area contributed by atoms with E-state index in [0.717, 1.165) is 24.3 Å². The summed E-state index contributed by atoms with van der Waals surface area (Å²) in [5.41, 5.74) is 8.68. The Morgan fingerprint density at radius 3 is 3.06 bits per heavy atom. The van der Waals surface area contributed by atoms with Gasteiger partial charge in [-0.25, -0.2) is 0 Å². The molecule has 18 heavy (non-hydrogen) atoms. The second kappa shape index (κ2) is 4.46. The van der Waals surface area contributed by atoms with Gasteiger partial charge in [0.05, 0.1) is 12.8 Å². The lowest BCUT2D eigenvalue weighted by atomic mass is 9.85. The van der Waals surface area contributed by atoms with Gasteiger partial charge in [-0.3, -0.25) is 4.68 Å². The Balaban J connectivity index is 1.94. The van der Waals surface area contributed by atoms with Crippen molar-refractivity contribution in [3.63, 3.8) is 0 Å². The molecule has 2 N–H and O–H groups in total. The Morgan fingerprint density at radius 2 is 2.28 bits per heavy atom. The van der Waals surface area contributed by atoms with Crippen LogP contribution >= 0.6 is 0 Å². The number of aryl methyl sites for hydroxylation is 1. The number of nitrogens with two attached hydrogens (primary N) is 1. The van der Waals surface area contributed by atoms with E-state index in [1.807, 2.05) is 37.6 Å². The fourth-order valence-electron chi connectivity index (χ4n) is 2.59. The van der Waals surface area contributed by atoms with E-state index in [-0.39, 0.29) is 6.04 Å². The Labute approximate surface area is 106 Å². The second-order valence-corrected chi connectivity index (χ2v) is 4.75. The molecule has 4 heteroatoms. The standard InChI is InChI=1S/C14H17N3O/c1-17-9-10(8-16-17)14(15)12-6-7-18-13-5-3-2-4-11(12)13/h2-5,8-9,12,14H,6-7,15H2,1H3. The summed E-state index contributed by atoms with van der Waals surface area (Å²) in [4.78, 5) is 0. The molecule has 2 aromatic rings. The Kier molecular flexibility index (Phi) is 2.80.